The first-order chi connectivity index (χ1) is 8.54. The first kappa shape index (κ1) is 13.0. The molecule has 0 aliphatic heterocycles. The summed E-state index contributed by atoms with van der Waals surface area (Å²) in [5.74, 6) is -0.166. The standard InChI is InChI=1S/C13H15NO3S/c15-18(16,17)10-4-3-8-14-9-7-12-5-1-2-6-13(12)11-14/h1-2,5-7,9,11H,3-4,8,10H2/p+1. The highest BCUT2D eigenvalue weighted by Crippen LogP contribution is 2.09. The fourth-order valence-electron chi connectivity index (χ4n) is 1.90. The molecule has 2 aromatic rings. The van der Waals surface area contributed by atoms with Crippen LogP contribution >= 0.6 is 0 Å². The lowest BCUT2D eigenvalue weighted by Crippen LogP contribution is -2.32. The van der Waals surface area contributed by atoms with E-state index in [1.807, 2.05) is 41.2 Å². The van der Waals surface area contributed by atoms with Crippen molar-refractivity contribution in [1.82, 2.24) is 0 Å². The average molecular weight is 266 g/mol. The molecule has 1 heterocycles. The highest BCUT2D eigenvalue weighted by molar-refractivity contribution is 7.85. The molecule has 0 spiro atoms. The van der Waals surface area contributed by atoms with Gasteiger partial charge < -0.3 is 0 Å². The molecule has 0 saturated carbocycles. The average Bonchev–Trinajstić information content (AvgIpc) is 2.33. The van der Waals surface area contributed by atoms with Crippen LogP contribution < -0.4 is 4.57 Å². The molecule has 0 unspecified atom stereocenters. The number of fused-ring (bicyclic) bond motifs is 1. The van der Waals surface area contributed by atoms with Crippen LogP contribution in [0.25, 0.3) is 10.8 Å². The molecular formula is C13H16NO3S+. The van der Waals surface area contributed by atoms with Crippen LogP contribution in [0.3, 0.4) is 0 Å². The zero-order valence-corrected chi connectivity index (χ0v) is 10.8. The van der Waals surface area contributed by atoms with E-state index in [9.17, 15) is 8.42 Å². The molecule has 2 rings (SSSR count). The van der Waals surface area contributed by atoms with Gasteiger partial charge in [0, 0.05) is 17.9 Å². The smallest absolute Gasteiger partial charge is 0.264 e. The minimum absolute atomic E-state index is 0.166. The predicted molar refractivity (Wildman–Crippen MR) is 69.8 cm³/mol. The molecule has 1 aromatic carbocycles. The topological polar surface area (TPSA) is 58.3 Å². The fourth-order valence-corrected chi connectivity index (χ4v) is 2.46. The van der Waals surface area contributed by atoms with Crippen molar-refractivity contribution in [2.24, 2.45) is 0 Å². The number of nitrogens with zero attached hydrogens (tertiary/aromatic N) is 1. The lowest BCUT2D eigenvalue weighted by Gasteiger charge is -1.99. The van der Waals surface area contributed by atoms with E-state index >= 15 is 0 Å². The number of aryl methyl sites for hydroxylation is 1. The van der Waals surface area contributed by atoms with Crippen LogP contribution in [0, 0.1) is 0 Å². The summed E-state index contributed by atoms with van der Waals surface area (Å²) < 4.78 is 31.8. The first-order valence-corrected chi connectivity index (χ1v) is 7.48. The Hall–Kier alpha value is -1.46. The Labute approximate surface area is 107 Å². The Bertz CT molecular complexity index is 637. The Morgan fingerprint density at radius 1 is 1.06 bits per heavy atom. The van der Waals surface area contributed by atoms with Gasteiger partial charge in [-0.1, -0.05) is 18.2 Å². The van der Waals surface area contributed by atoms with E-state index in [1.165, 1.54) is 5.39 Å². The number of benzene rings is 1. The SMILES string of the molecule is O=S(=O)(O)CCCC[n+]1ccc2ccccc2c1. The number of unbranched alkanes of at least 4 members (excludes halogenated alkanes) is 1. The molecule has 0 fully saturated rings. The van der Waals surface area contributed by atoms with Gasteiger partial charge in [0.25, 0.3) is 10.1 Å². The van der Waals surface area contributed by atoms with Crippen molar-refractivity contribution >= 4 is 20.9 Å². The molecule has 96 valence electrons. The quantitative estimate of drug-likeness (QED) is 0.510. The van der Waals surface area contributed by atoms with E-state index in [-0.39, 0.29) is 5.75 Å². The molecule has 1 N–H and O–H groups in total. The van der Waals surface area contributed by atoms with Crippen LogP contribution in [0.15, 0.2) is 42.7 Å². The van der Waals surface area contributed by atoms with Gasteiger partial charge in [-0.25, -0.2) is 4.57 Å². The normalized spacial score (nSPS) is 11.8. The Morgan fingerprint density at radius 2 is 1.78 bits per heavy atom. The molecule has 0 aliphatic rings. The molecular weight excluding hydrogens is 250 g/mol. The summed E-state index contributed by atoms with van der Waals surface area (Å²) in [6, 6.07) is 10.1. The van der Waals surface area contributed by atoms with E-state index in [1.54, 1.807) is 0 Å². The first-order valence-electron chi connectivity index (χ1n) is 5.88. The summed E-state index contributed by atoms with van der Waals surface area (Å²) >= 11 is 0. The van der Waals surface area contributed by atoms with Gasteiger partial charge in [-0.15, -0.1) is 0 Å². The number of hydrogen-bond acceptors (Lipinski definition) is 2. The van der Waals surface area contributed by atoms with Crippen molar-refractivity contribution in [3.8, 4) is 0 Å². The lowest BCUT2D eigenvalue weighted by molar-refractivity contribution is -0.696. The number of pyridine rings is 1. The highest BCUT2D eigenvalue weighted by atomic mass is 32.2. The van der Waals surface area contributed by atoms with Gasteiger partial charge in [-0.3, -0.25) is 4.55 Å². The monoisotopic (exact) mass is 266 g/mol. The van der Waals surface area contributed by atoms with E-state index in [0.717, 1.165) is 18.4 Å². The van der Waals surface area contributed by atoms with Crippen molar-refractivity contribution in [3.63, 3.8) is 0 Å². The maximum Gasteiger partial charge on any atom is 0.264 e. The Morgan fingerprint density at radius 3 is 2.50 bits per heavy atom. The molecule has 0 amide bonds. The summed E-state index contributed by atoms with van der Waals surface area (Å²) in [5, 5.41) is 2.35. The van der Waals surface area contributed by atoms with Crippen LogP contribution in [0.4, 0.5) is 0 Å². The van der Waals surface area contributed by atoms with Crippen LogP contribution in [-0.2, 0) is 16.7 Å². The number of rotatable bonds is 5. The second kappa shape index (κ2) is 5.46. The second-order valence-electron chi connectivity index (χ2n) is 4.30. The minimum atomic E-state index is -3.82. The molecule has 18 heavy (non-hydrogen) atoms. The van der Waals surface area contributed by atoms with Crippen LogP contribution in [0.5, 0.6) is 0 Å². The number of hydrogen-bond donors (Lipinski definition) is 1. The third kappa shape index (κ3) is 3.78. The van der Waals surface area contributed by atoms with Crippen molar-refractivity contribution in [1.29, 1.82) is 0 Å². The summed E-state index contributed by atoms with van der Waals surface area (Å²) in [6.45, 7) is 0.750. The van der Waals surface area contributed by atoms with Gasteiger partial charge in [-0.05, 0) is 17.9 Å². The molecule has 0 radical (unpaired) electrons. The molecule has 0 atom stereocenters. The van der Waals surface area contributed by atoms with Crippen LogP contribution in [0.2, 0.25) is 0 Å². The lowest BCUT2D eigenvalue weighted by atomic mass is 10.2. The maximum atomic E-state index is 10.6. The summed E-state index contributed by atoms with van der Waals surface area (Å²) in [5.41, 5.74) is 0. The van der Waals surface area contributed by atoms with Gasteiger partial charge in [-0.2, -0.15) is 8.42 Å². The van der Waals surface area contributed by atoms with Crippen LogP contribution in [-0.4, -0.2) is 18.7 Å². The Balaban J connectivity index is 1.96. The second-order valence-corrected chi connectivity index (χ2v) is 5.88. The molecule has 0 aliphatic carbocycles. The molecule has 5 heteroatoms. The van der Waals surface area contributed by atoms with E-state index < -0.39 is 10.1 Å². The summed E-state index contributed by atoms with van der Waals surface area (Å²) in [7, 11) is -3.82. The van der Waals surface area contributed by atoms with Crippen molar-refractivity contribution in [2.75, 3.05) is 5.75 Å². The fraction of sp³-hybridized carbons (Fsp3) is 0.308. The van der Waals surface area contributed by atoms with Gasteiger partial charge in [0.1, 0.15) is 6.54 Å². The third-order valence-corrected chi connectivity index (χ3v) is 3.62. The van der Waals surface area contributed by atoms with Gasteiger partial charge in [0.2, 0.25) is 0 Å². The predicted octanol–water partition coefficient (Wildman–Crippen LogP) is 1.80. The van der Waals surface area contributed by atoms with Crippen molar-refractivity contribution in [3.05, 3.63) is 42.7 Å². The number of aromatic nitrogens is 1. The zero-order valence-electron chi connectivity index (χ0n) is 9.99. The highest BCUT2D eigenvalue weighted by Gasteiger charge is 2.06. The summed E-state index contributed by atoms with van der Waals surface area (Å²) in [4.78, 5) is 0. The molecule has 1 aromatic heterocycles. The molecule has 4 nitrogen and oxygen atoms in total. The molecule has 0 saturated heterocycles. The maximum absolute atomic E-state index is 10.6. The third-order valence-electron chi connectivity index (χ3n) is 2.82. The van der Waals surface area contributed by atoms with Gasteiger partial charge in [0.15, 0.2) is 12.4 Å². The molecule has 0 bridgehead atoms. The van der Waals surface area contributed by atoms with Crippen molar-refractivity contribution in [2.45, 2.75) is 19.4 Å². The largest absolute Gasteiger partial charge is 0.286 e. The van der Waals surface area contributed by atoms with Crippen molar-refractivity contribution < 1.29 is 17.5 Å². The summed E-state index contributed by atoms with van der Waals surface area (Å²) in [6.07, 6.45) is 5.22. The van der Waals surface area contributed by atoms with Crippen LogP contribution in [0.1, 0.15) is 12.8 Å². The van der Waals surface area contributed by atoms with E-state index in [4.69, 9.17) is 4.55 Å². The van der Waals surface area contributed by atoms with E-state index in [2.05, 4.69) is 6.07 Å². The van der Waals surface area contributed by atoms with E-state index in [0.29, 0.717) is 6.42 Å². The van der Waals surface area contributed by atoms with Gasteiger partial charge >= 0.3 is 0 Å². The zero-order chi connectivity index (χ0) is 13.0. The Kier molecular flexibility index (Phi) is 3.93. The van der Waals surface area contributed by atoms with Gasteiger partial charge in [0.05, 0.1) is 5.75 Å². The minimum Gasteiger partial charge on any atom is -0.286 e.